The van der Waals surface area contributed by atoms with E-state index in [2.05, 4.69) is 30.7 Å². The largest absolute Gasteiger partial charge is 0.311 e. The van der Waals surface area contributed by atoms with Gasteiger partial charge in [0.05, 0.1) is 11.8 Å². The summed E-state index contributed by atoms with van der Waals surface area (Å²) in [7, 11) is -3.65. The molecule has 216 valence electrons. The van der Waals surface area contributed by atoms with Crippen LogP contribution < -0.4 is 14.9 Å². The van der Waals surface area contributed by atoms with Crippen molar-refractivity contribution in [3.05, 3.63) is 83.9 Å². The highest BCUT2D eigenvalue weighted by Crippen LogP contribution is 2.33. The SMILES string of the molecule is O=C1C(NS(=O)(=O)C2CC3CCC(C2)N3)CCc2ccccc2N1Cc1ccc(-c2ccccc2-c2nn[nH]n2)cc1. The van der Waals surface area contributed by atoms with Crippen LogP contribution in [0.25, 0.3) is 22.5 Å². The zero-order chi connectivity index (χ0) is 28.7. The Morgan fingerprint density at radius 3 is 2.33 bits per heavy atom. The minimum Gasteiger partial charge on any atom is -0.311 e. The van der Waals surface area contributed by atoms with Crippen LogP contribution in [0.2, 0.25) is 0 Å². The van der Waals surface area contributed by atoms with Gasteiger partial charge in [-0.2, -0.15) is 5.21 Å². The first kappa shape index (κ1) is 26.9. The number of aromatic nitrogens is 4. The fourth-order valence-electron chi connectivity index (χ4n) is 6.72. The van der Waals surface area contributed by atoms with E-state index in [9.17, 15) is 13.2 Å². The highest BCUT2D eigenvalue weighted by atomic mass is 32.2. The lowest BCUT2D eigenvalue weighted by atomic mass is 9.98. The number of hydrogen-bond acceptors (Lipinski definition) is 7. The van der Waals surface area contributed by atoms with Crippen LogP contribution >= 0.6 is 0 Å². The average Bonchev–Trinajstić information content (AvgIpc) is 3.65. The molecule has 10 nitrogen and oxygen atoms in total. The Labute approximate surface area is 245 Å². The van der Waals surface area contributed by atoms with Gasteiger partial charge in [-0.1, -0.05) is 66.7 Å². The second-order valence-corrected chi connectivity index (χ2v) is 13.5. The second-order valence-electron chi connectivity index (χ2n) is 11.5. The number of hydrogen-bond donors (Lipinski definition) is 3. The topological polar surface area (TPSA) is 133 Å². The highest BCUT2D eigenvalue weighted by Gasteiger charge is 2.42. The molecule has 1 aromatic heterocycles. The number of anilines is 1. The van der Waals surface area contributed by atoms with E-state index in [-0.39, 0.29) is 18.0 Å². The number of nitrogens with zero attached hydrogens (tertiary/aromatic N) is 4. The minimum atomic E-state index is -3.65. The molecule has 7 rings (SSSR count). The molecule has 3 aliphatic rings. The van der Waals surface area contributed by atoms with Crippen LogP contribution in [-0.4, -0.2) is 58.3 Å². The molecule has 0 aliphatic carbocycles. The minimum absolute atomic E-state index is 0.216. The van der Waals surface area contributed by atoms with Gasteiger partial charge in [-0.3, -0.25) is 4.79 Å². The van der Waals surface area contributed by atoms with E-state index < -0.39 is 21.3 Å². The Kier molecular flexibility index (Phi) is 7.09. The van der Waals surface area contributed by atoms with E-state index in [0.717, 1.165) is 46.3 Å². The van der Waals surface area contributed by atoms with Crippen LogP contribution in [0, 0.1) is 0 Å². The van der Waals surface area contributed by atoms with Crippen molar-refractivity contribution in [1.82, 2.24) is 30.7 Å². The first-order chi connectivity index (χ1) is 20.4. The molecule has 3 unspecified atom stereocenters. The Balaban J connectivity index is 1.14. The quantitative estimate of drug-likeness (QED) is 0.303. The number of aryl methyl sites for hydroxylation is 1. The van der Waals surface area contributed by atoms with Gasteiger partial charge in [0.25, 0.3) is 0 Å². The van der Waals surface area contributed by atoms with Crippen molar-refractivity contribution in [2.24, 2.45) is 0 Å². The molecule has 1 amide bonds. The first-order valence-electron chi connectivity index (χ1n) is 14.5. The van der Waals surface area contributed by atoms with E-state index in [1.165, 1.54) is 0 Å². The number of fused-ring (bicyclic) bond motifs is 3. The summed E-state index contributed by atoms with van der Waals surface area (Å²) in [6.45, 7) is 0.332. The number of tetrazole rings is 1. The smallest absolute Gasteiger partial charge is 0.245 e. The molecule has 0 radical (unpaired) electrons. The normalized spacial score (nSPS) is 23.9. The molecule has 4 heterocycles. The monoisotopic (exact) mass is 583 g/mol. The molecule has 42 heavy (non-hydrogen) atoms. The maximum Gasteiger partial charge on any atom is 0.245 e. The van der Waals surface area contributed by atoms with Crippen LogP contribution in [-0.2, 0) is 27.8 Å². The summed E-state index contributed by atoms with van der Waals surface area (Å²) < 4.78 is 29.9. The van der Waals surface area contributed by atoms with Crippen LogP contribution in [0.15, 0.2) is 72.8 Å². The number of nitrogens with one attached hydrogen (secondary N) is 3. The summed E-state index contributed by atoms with van der Waals surface area (Å²) >= 11 is 0. The number of piperidine rings is 1. The van der Waals surface area contributed by atoms with Crippen molar-refractivity contribution in [3.63, 3.8) is 0 Å². The van der Waals surface area contributed by atoms with Crippen LogP contribution in [0.5, 0.6) is 0 Å². The summed E-state index contributed by atoms with van der Waals surface area (Å²) in [6.07, 6.45) is 4.27. The van der Waals surface area contributed by atoms with Gasteiger partial charge >= 0.3 is 0 Å². The molecule has 0 spiro atoms. The zero-order valence-electron chi connectivity index (χ0n) is 23.1. The molecule has 11 heteroatoms. The number of benzene rings is 3. The van der Waals surface area contributed by atoms with Gasteiger partial charge in [0.15, 0.2) is 0 Å². The molecular weight excluding hydrogens is 550 g/mol. The third kappa shape index (κ3) is 5.23. The van der Waals surface area contributed by atoms with E-state index in [1.807, 2.05) is 72.8 Å². The number of H-pyrrole nitrogens is 1. The molecule has 3 N–H and O–H groups in total. The third-order valence-corrected chi connectivity index (χ3v) is 10.7. The number of carbonyl (C=O) groups is 1. The lowest BCUT2D eigenvalue weighted by molar-refractivity contribution is -0.120. The second kappa shape index (κ2) is 11.0. The molecular formula is C31H33N7O3S. The molecule has 3 aromatic carbocycles. The van der Waals surface area contributed by atoms with Gasteiger partial charge in [0, 0.05) is 23.3 Å². The van der Waals surface area contributed by atoms with Gasteiger partial charge in [-0.25, -0.2) is 13.1 Å². The van der Waals surface area contributed by atoms with Crippen LogP contribution in [0.4, 0.5) is 5.69 Å². The van der Waals surface area contributed by atoms with Gasteiger partial charge in [0.2, 0.25) is 21.8 Å². The van der Waals surface area contributed by atoms with Crippen molar-refractivity contribution >= 4 is 21.6 Å². The lowest BCUT2D eigenvalue weighted by Gasteiger charge is -2.31. The van der Waals surface area contributed by atoms with E-state index >= 15 is 0 Å². The summed E-state index contributed by atoms with van der Waals surface area (Å²) in [6, 6.07) is 23.5. The predicted molar refractivity (Wildman–Crippen MR) is 160 cm³/mol. The standard InChI is InChI=1S/C31H33N7O3S/c39-31-28(35-42(40,41)25-17-23-14-15-24(18-25)32-23)16-13-22-5-1-4-8-29(22)38(31)19-20-9-11-21(12-10-20)26-6-2-3-7-27(26)30-33-36-37-34-30/h1-12,23-25,28,32,35H,13-19H2,(H,33,34,36,37). The molecule has 4 aromatic rings. The molecule has 3 atom stereocenters. The molecule has 2 bridgehead atoms. The first-order valence-corrected chi connectivity index (χ1v) is 16.1. The number of para-hydroxylation sites is 1. The Hall–Kier alpha value is -3.93. The van der Waals surface area contributed by atoms with Gasteiger partial charge in [-0.15, -0.1) is 10.2 Å². The summed E-state index contributed by atoms with van der Waals surface area (Å²) in [5, 5.41) is 17.5. The summed E-state index contributed by atoms with van der Waals surface area (Å²) in [4.78, 5) is 15.8. The van der Waals surface area contributed by atoms with Crippen LogP contribution in [0.3, 0.4) is 0 Å². The van der Waals surface area contributed by atoms with Gasteiger partial charge < -0.3 is 10.2 Å². The Bertz CT molecular complexity index is 1680. The summed E-state index contributed by atoms with van der Waals surface area (Å²) in [5.74, 6) is 0.305. The van der Waals surface area contributed by atoms with Crippen molar-refractivity contribution < 1.29 is 13.2 Å². The maximum absolute atomic E-state index is 14.0. The van der Waals surface area contributed by atoms with E-state index in [0.29, 0.717) is 38.1 Å². The molecule has 3 aliphatic heterocycles. The number of carbonyl (C=O) groups excluding carboxylic acids is 1. The average molecular weight is 584 g/mol. The Morgan fingerprint density at radius 2 is 1.60 bits per heavy atom. The van der Waals surface area contributed by atoms with Gasteiger partial charge in [-0.05, 0) is 72.1 Å². The van der Waals surface area contributed by atoms with Crippen molar-refractivity contribution in [3.8, 4) is 22.5 Å². The number of amides is 1. The number of sulfonamides is 1. The molecule has 0 saturated carbocycles. The maximum atomic E-state index is 14.0. The van der Waals surface area contributed by atoms with E-state index in [1.54, 1.807) is 4.90 Å². The van der Waals surface area contributed by atoms with E-state index in [4.69, 9.17) is 0 Å². The fourth-order valence-corrected chi connectivity index (χ4v) is 8.50. The fraction of sp³-hybridized carbons (Fsp3) is 0.355. The highest BCUT2D eigenvalue weighted by molar-refractivity contribution is 7.90. The van der Waals surface area contributed by atoms with Crippen molar-refractivity contribution in [1.29, 1.82) is 0 Å². The van der Waals surface area contributed by atoms with Gasteiger partial charge in [0.1, 0.15) is 6.04 Å². The van der Waals surface area contributed by atoms with Crippen LogP contribution in [0.1, 0.15) is 43.2 Å². The molecule has 2 saturated heterocycles. The predicted octanol–water partition coefficient (Wildman–Crippen LogP) is 3.58. The Morgan fingerprint density at radius 1 is 0.881 bits per heavy atom. The van der Waals surface area contributed by atoms with Crippen molar-refractivity contribution in [2.45, 2.75) is 68.4 Å². The zero-order valence-corrected chi connectivity index (χ0v) is 23.9. The number of aromatic amines is 1. The van der Waals surface area contributed by atoms with Crippen molar-refractivity contribution in [2.75, 3.05) is 4.90 Å². The third-order valence-electron chi connectivity index (χ3n) is 8.84. The number of rotatable bonds is 7. The lowest BCUT2D eigenvalue weighted by Crippen LogP contribution is -2.53. The molecule has 2 fully saturated rings. The summed E-state index contributed by atoms with van der Waals surface area (Å²) in [5.41, 5.74) is 5.64.